The van der Waals surface area contributed by atoms with Crippen molar-refractivity contribution in [3.05, 3.63) is 0 Å². The minimum atomic E-state index is -0.238. The Morgan fingerprint density at radius 2 is 2.31 bits per heavy atom. The number of hydroxylamine groups is 1. The molecule has 1 heterocycles. The van der Waals surface area contributed by atoms with E-state index in [-0.39, 0.29) is 11.9 Å². The summed E-state index contributed by atoms with van der Waals surface area (Å²) in [5, 5.41) is 0. The molecule has 0 aromatic rings. The number of primary amides is 1. The van der Waals surface area contributed by atoms with Crippen molar-refractivity contribution in [1.29, 1.82) is 0 Å². The first-order chi connectivity index (χ1) is 6.15. The van der Waals surface area contributed by atoms with E-state index in [4.69, 9.17) is 10.6 Å². The summed E-state index contributed by atoms with van der Waals surface area (Å²) in [6.45, 7) is 0.793. The Balaban J connectivity index is 2.42. The monoisotopic (exact) mass is 187 g/mol. The van der Waals surface area contributed by atoms with Crippen molar-refractivity contribution in [2.24, 2.45) is 5.73 Å². The average Bonchev–Trinajstić information content (AvgIpc) is 2.04. The molecule has 0 aliphatic carbocycles. The van der Waals surface area contributed by atoms with Crippen LogP contribution in [0.25, 0.3) is 0 Å². The zero-order chi connectivity index (χ0) is 9.84. The van der Waals surface area contributed by atoms with E-state index in [9.17, 15) is 4.79 Å². The maximum Gasteiger partial charge on any atom is 0.234 e. The Kier molecular flexibility index (Phi) is 3.65. The Bertz CT molecular complexity index is 186. The lowest BCUT2D eigenvalue weighted by Gasteiger charge is -2.35. The molecule has 0 spiro atoms. The summed E-state index contributed by atoms with van der Waals surface area (Å²) in [6.07, 6.45) is 1.72. The van der Waals surface area contributed by atoms with Gasteiger partial charge >= 0.3 is 0 Å². The number of nitrogens with two attached hydrogens (primary N) is 1. The lowest BCUT2D eigenvalue weighted by molar-refractivity contribution is -0.124. The highest BCUT2D eigenvalue weighted by molar-refractivity contribution is 5.79. The molecule has 0 aromatic carbocycles. The van der Waals surface area contributed by atoms with Crippen LogP contribution in [0, 0.1) is 0 Å². The maximum absolute atomic E-state index is 11.0. The van der Waals surface area contributed by atoms with E-state index in [2.05, 4.69) is 5.48 Å². The van der Waals surface area contributed by atoms with Gasteiger partial charge in [-0.05, 0) is 19.9 Å². The van der Waals surface area contributed by atoms with Gasteiger partial charge in [0, 0.05) is 12.6 Å². The van der Waals surface area contributed by atoms with E-state index in [0.29, 0.717) is 6.04 Å². The summed E-state index contributed by atoms with van der Waals surface area (Å²) >= 11 is 0. The van der Waals surface area contributed by atoms with E-state index in [1.54, 1.807) is 7.11 Å². The third-order valence-corrected chi connectivity index (χ3v) is 2.44. The molecule has 0 unspecified atom stereocenters. The maximum atomic E-state index is 11.0. The SMILES string of the molecule is CON[C@@H]1CC[C@@H](C(N)=O)N(C)C1. The first kappa shape index (κ1) is 10.4. The molecule has 76 valence electrons. The van der Waals surface area contributed by atoms with Gasteiger partial charge in [0.1, 0.15) is 0 Å². The number of likely N-dealkylation sites (N-methyl/N-ethyl adjacent to an activating group) is 1. The third-order valence-electron chi connectivity index (χ3n) is 2.44. The summed E-state index contributed by atoms with van der Waals surface area (Å²) in [6, 6.07) is 0.181. The zero-order valence-corrected chi connectivity index (χ0v) is 8.12. The van der Waals surface area contributed by atoms with Crippen LogP contribution in [0.4, 0.5) is 0 Å². The van der Waals surface area contributed by atoms with Crippen LogP contribution in [0.2, 0.25) is 0 Å². The van der Waals surface area contributed by atoms with Crippen LogP contribution in [0.1, 0.15) is 12.8 Å². The van der Waals surface area contributed by atoms with Gasteiger partial charge in [0.15, 0.2) is 0 Å². The van der Waals surface area contributed by atoms with Gasteiger partial charge in [-0.3, -0.25) is 9.69 Å². The smallest absolute Gasteiger partial charge is 0.234 e. The average molecular weight is 187 g/mol. The summed E-state index contributed by atoms with van der Waals surface area (Å²) in [7, 11) is 3.50. The van der Waals surface area contributed by atoms with Gasteiger partial charge in [0.05, 0.1) is 13.2 Å². The molecule has 0 radical (unpaired) electrons. The fourth-order valence-corrected chi connectivity index (χ4v) is 1.77. The van der Waals surface area contributed by atoms with Crippen LogP contribution >= 0.6 is 0 Å². The largest absolute Gasteiger partial charge is 0.368 e. The number of rotatable bonds is 3. The number of nitrogens with zero attached hydrogens (tertiary/aromatic N) is 1. The summed E-state index contributed by atoms with van der Waals surface area (Å²) < 4.78 is 0. The van der Waals surface area contributed by atoms with Gasteiger partial charge in [0.2, 0.25) is 5.91 Å². The van der Waals surface area contributed by atoms with Crippen molar-refractivity contribution >= 4 is 5.91 Å². The first-order valence-electron chi connectivity index (χ1n) is 4.43. The quantitative estimate of drug-likeness (QED) is 0.561. The molecule has 5 heteroatoms. The fraction of sp³-hybridized carbons (Fsp3) is 0.875. The van der Waals surface area contributed by atoms with Crippen molar-refractivity contribution in [2.75, 3.05) is 20.7 Å². The Hall–Kier alpha value is -0.650. The molecule has 0 bridgehead atoms. The Morgan fingerprint density at radius 3 is 2.77 bits per heavy atom. The van der Waals surface area contributed by atoms with Crippen LogP contribution in [0.15, 0.2) is 0 Å². The Morgan fingerprint density at radius 1 is 1.62 bits per heavy atom. The number of hydrogen-bond acceptors (Lipinski definition) is 4. The normalized spacial score (nSPS) is 30.3. The van der Waals surface area contributed by atoms with Crippen LogP contribution in [-0.2, 0) is 9.63 Å². The zero-order valence-electron chi connectivity index (χ0n) is 8.12. The lowest BCUT2D eigenvalue weighted by atomic mass is 9.99. The van der Waals surface area contributed by atoms with Crippen molar-refractivity contribution < 1.29 is 9.63 Å². The molecule has 1 aliphatic heterocycles. The highest BCUT2D eigenvalue weighted by Crippen LogP contribution is 2.15. The molecule has 0 aromatic heterocycles. The van der Waals surface area contributed by atoms with E-state index in [0.717, 1.165) is 19.4 Å². The number of amides is 1. The molecule has 3 N–H and O–H groups in total. The number of nitrogens with one attached hydrogen (secondary N) is 1. The minimum Gasteiger partial charge on any atom is -0.368 e. The number of likely N-dealkylation sites (tertiary alicyclic amines) is 1. The predicted octanol–water partition coefficient (Wildman–Crippen LogP) is -0.914. The molecule has 1 aliphatic rings. The summed E-state index contributed by atoms with van der Waals surface area (Å²) in [4.78, 5) is 17.8. The number of carbonyl (C=O) groups excluding carboxylic acids is 1. The summed E-state index contributed by atoms with van der Waals surface area (Å²) in [5.41, 5.74) is 8.13. The third kappa shape index (κ3) is 2.65. The number of piperidine rings is 1. The van der Waals surface area contributed by atoms with Gasteiger partial charge in [-0.15, -0.1) is 0 Å². The summed E-state index contributed by atoms with van der Waals surface area (Å²) in [5.74, 6) is -0.238. The molecule has 1 rings (SSSR count). The molecular weight excluding hydrogens is 170 g/mol. The predicted molar refractivity (Wildman–Crippen MR) is 48.8 cm³/mol. The van der Waals surface area contributed by atoms with Crippen molar-refractivity contribution in [3.8, 4) is 0 Å². The standard InChI is InChI=1S/C8H17N3O2/c1-11-5-6(10-13-2)3-4-7(11)8(9)12/h6-7,10H,3-5H2,1-2H3,(H2,9,12)/t6-,7+/m1/s1. The molecular formula is C8H17N3O2. The topological polar surface area (TPSA) is 67.6 Å². The van der Waals surface area contributed by atoms with E-state index in [1.807, 2.05) is 11.9 Å². The molecule has 1 fully saturated rings. The highest BCUT2D eigenvalue weighted by atomic mass is 16.6. The van der Waals surface area contributed by atoms with Crippen LogP contribution in [0.5, 0.6) is 0 Å². The van der Waals surface area contributed by atoms with E-state index in [1.165, 1.54) is 0 Å². The fourth-order valence-electron chi connectivity index (χ4n) is 1.77. The van der Waals surface area contributed by atoms with Crippen molar-refractivity contribution in [2.45, 2.75) is 24.9 Å². The van der Waals surface area contributed by atoms with Crippen LogP contribution in [-0.4, -0.2) is 43.6 Å². The Labute approximate surface area is 78.2 Å². The van der Waals surface area contributed by atoms with Gasteiger partial charge < -0.3 is 10.6 Å². The van der Waals surface area contributed by atoms with E-state index >= 15 is 0 Å². The second-order valence-corrected chi connectivity index (χ2v) is 3.45. The first-order valence-corrected chi connectivity index (χ1v) is 4.43. The van der Waals surface area contributed by atoms with Gasteiger partial charge in [-0.25, -0.2) is 0 Å². The molecule has 1 saturated heterocycles. The molecule has 2 atom stereocenters. The van der Waals surface area contributed by atoms with E-state index < -0.39 is 0 Å². The number of hydrogen-bond donors (Lipinski definition) is 2. The van der Waals surface area contributed by atoms with Crippen molar-refractivity contribution in [3.63, 3.8) is 0 Å². The van der Waals surface area contributed by atoms with Gasteiger partial charge in [-0.1, -0.05) is 0 Å². The molecule has 0 saturated carbocycles. The second kappa shape index (κ2) is 4.55. The molecule has 1 amide bonds. The number of carbonyl (C=O) groups is 1. The lowest BCUT2D eigenvalue weighted by Crippen LogP contribution is -2.52. The molecule has 5 nitrogen and oxygen atoms in total. The molecule has 13 heavy (non-hydrogen) atoms. The highest BCUT2D eigenvalue weighted by Gasteiger charge is 2.28. The van der Waals surface area contributed by atoms with Gasteiger partial charge in [-0.2, -0.15) is 5.48 Å². The second-order valence-electron chi connectivity index (χ2n) is 3.45. The van der Waals surface area contributed by atoms with Crippen LogP contribution in [0.3, 0.4) is 0 Å². The minimum absolute atomic E-state index is 0.116. The van der Waals surface area contributed by atoms with Crippen molar-refractivity contribution in [1.82, 2.24) is 10.4 Å². The van der Waals surface area contributed by atoms with Gasteiger partial charge in [0.25, 0.3) is 0 Å². The van der Waals surface area contributed by atoms with Crippen LogP contribution < -0.4 is 11.2 Å².